The van der Waals surface area contributed by atoms with Crippen LogP contribution in [-0.2, 0) is 20.0 Å². The van der Waals surface area contributed by atoms with Crippen LogP contribution in [0, 0.1) is 11.8 Å². The van der Waals surface area contributed by atoms with Gasteiger partial charge in [0.25, 0.3) is 5.91 Å². The van der Waals surface area contributed by atoms with E-state index in [1.54, 1.807) is 30.3 Å². The van der Waals surface area contributed by atoms with Gasteiger partial charge in [-0.1, -0.05) is 30.3 Å². The summed E-state index contributed by atoms with van der Waals surface area (Å²) in [6.07, 6.45) is -0.200. The Hall–Kier alpha value is -4.52. The van der Waals surface area contributed by atoms with Gasteiger partial charge >= 0.3 is 5.97 Å². The number of aliphatic hydroxyl groups is 4. The molecule has 0 unspecified atom stereocenters. The van der Waals surface area contributed by atoms with Crippen molar-refractivity contribution in [3.8, 4) is 5.75 Å². The first kappa shape index (κ1) is 29.5. The molecule has 0 bridgehead atoms. The Kier molecular flexibility index (Phi) is 7.29. The van der Waals surface area contributed by atoms with E-state index >= 15 is 0 Å². The Balaban J connectivity index is 0.000000367. The van der Waals surface area contributed by atoms with Gasteiger partial charge in [0.15, 0.2) is 11.4 Å². The van der Waals surface area contributed by atoms with Crippen LogP contribution in [0.1, 0.15) is 34.8 Å². The zero-order valence-corrected chi connectivity index (χ0v) is 22.4. The third kappa shape index (κ3) is 4.36. The van der Waals surface area contributed by atoms with E-state index < -0.39 is 80.9 Å². The van der Waals surface area contributed by atoms with Gasteiger partial charge in [0, 0.05) is 17.4 Å². The number of carbonyl (C=O) groups is 4. The predicted octanol–water partition coefficient (Wildman–Crippen LogP) is 1.01. The summed E-state index contributed by atoms with van der Waals surface area (Å²) in [5.41, 5.74) is -0.217. The number of phenolic OH excluding ortho intramolecular Hbond substituents is 1. The van der Waals surface area contributed by atoms with Gasteiger partial charge in [0.1, 0.15) is 22.8 Å². The first-order valence-electron chi connectivity index (χ1n) is 12.6. The second-order valence-corrected chi connectivity index (χ2v) is 10.6. The number of carboxylic acid groups (broad SMARTS) is 1. The van der Waals surface area contributed by atoms with Crippen LogP contribution in [0.2, 0.25) is 0 Å². The lowest BCUT2D eigenvalue weighted by Gasteiger charge is -2.53. The predicted molar refractivity (Wildman–Crippen MR) is 144 cm³/mol. The minimum absolute atomic E-state index is 0.170. The van der Waals surface area contributed by atoms with E-state index in [9.17, 15) is 44.7 Å². The molecule has 3 aliphatic carbocycles. The summed E-state index contributed by atoms with van der Waals surface area (Å²) < 4.78 is 0. The summed E-state index contributed by atoms with van der Waals surface area (Å²) in [5.74, 6) is -8.78. The molecule has 1 fully saturated rings. The zero-order valence-electron chi connectivity index (χ0n) is 22.4. The molecule has 5 rings (SSSR count). The number of ketones is 2. The molecule has 41 heavy (non-hydrogen) atoms. The Bertz CT molecular complexity index is 1530. The smallest absolute Gasteiger partial charge is 0.335 e. The highest BCUT2D eigenvalue weighted by atomic mass is 16.4. The van der Waals surface area contributed by atoms with Gasteiger partial charge in [-0.2, -0.15) is 0 Å². The molecule has 0 spiro atoms. The van der Waals surface area contributed by atoms with E-state index in [1.807, 2.05) is 0 Å². The largest absolute Gasteiger partial charge is 0.508 e. The summed E-state index contributed by atoms with van der Waals surface area (Å²) in [6, 6.07) is 11.3. The van der Waals surface area contributed by atoms with Crippen LogP contribution in [0.3, 0.4) is 0 Å². The molecule has 3 aliphatic rings. The van der Waals surface area contributed by atoms with Gasteiger partial charge in [0.2, 0.25) is 5.78 Å². The molecule has 8 N–H and O–H groups in total. The zero-order chi connectivity index (χ0) is 30.6. The highest BCUT2D eigenvalue weighted by Crippen LogP contribution is 2.57. The first-order chi connectivity index (χ1) is 19.1. The minimum Gasteiger partial charge on any atom is -0.508 e. The van der Waals surface area contributed by atoms with Gasteiger partial charge in [-0.05, 0) is 51.2 Å². The van der Waals surface area contributed by atoms with Crippen molar-refractivity contribution in [2.45, 2.75) is 30.6 Å². The molecular weight excluding hydrogens is 536 g/mol. The SMILES string of the molecule is CN(C)[C@@H]1C(=O)C(C(N)=O)=C(O)[C@@]2(O)C(=O)C3=C(O)c4c(O)cccc4[C@@](C)(O)[C@H]3C[C@@H]12.O=C(O)c1ccccc1. The number of fused-ring (bicyclic) bond motifs is 3. The molecule has 0 aromatic heterocycles. The fourth-order valence-electron chi connectivity index (χ4n) is 6.08. The summed E-state index contributed by atoms with van der Waals surface area (Å²) in [7, 11) is 3.01. The average molecular weight is 567 g/mol. The third-order valence-corrected chi connectivity index (χ3v) is 8.04. The van der Waals surface area contributed by atoms with Crippen molar-refractivity contribution >= 4 is 29.2 Å². The summed E-state index contributed by atoms with van der Waals surface area (Å²) in [6.45, 7) is 1.40. The second-order valence-electron chi connectivity index (χ2n) is 10.6. The summed E-state index contributed by atoms with van der Waals surface area (Å²) in [5, 5.41) is 63.3. The third-order valence-electron chi connectivity index (χ3n) is 8.04. The maximum absolute atomic E-state index is 13.7. The van der Waals surface area contributed by atoms with Crippen LogP contribution in [0.4, 0.5) is 0 Å². The molecule has 0 saturated heterocycles. The quantitative estimate of drug-likeness (QED) is 0.260. The topological polar surface area (TPSA) is 219 Å². The van der Waals surface area contributed by atoms with Crippen LogP contribution >= 0.6 is 0 Å². The van der Waals surface area contributed by atoms with Crippen molar-refractivity contribution in [1.29, 1.82) is 0 Å². The van der Waals surface area contributed by atoms with E-state index in [-0.39, 0.29) is 17.5 Å². The number of Topliss-reactive ketones (excluding diaryl/α,β-unsaturated/α-hetero) is 2. The molecule has 0 aliphatic heterocycles. The van der Waals surface area contributed by atoms with E-state index in [4.69, 9.17) is 10.8 Å². The van der Waals surface area contributed by atoms with Gasteiger partial charge in [-0.15, -0.1) is 0 Å². The monoisotopic (exact) mass is 566 g/mol. The lowest BCUT2D eigenvalue weighted by molar-refractivity contribution is -0.159. The Labute approximate surface area is 234 Å². The summed E-state index contributed by atoms with van der Waals surface area (Å²) in [4.78, 5) is 50.2. The molecule has 0 heterocycles. The average Bonchev–Trinajstić information content (AvgIpc) is 2.89. The number of nitrogens with zero attached hydrogens (tertiary/aromatic N) is 1. The minimum atomic E-state index is -2.75. The number of carboxylic acids is 1. The molecule has 2 aromatic carbocycles. The molecule has 1 amide bonds. The highest BCUT2D eigenvalue weighted by Gasteiger charge is 2.66. The van der Waals surface area contributed by atoms with Crippen LogP contribution < -0.4 is 5.73 Å². The number of hydrogen-bond acceptors (Lipinski definition) is 10. The molecule has 1 saturated carbocycles. The number of phenols is 1. The van der Waals surface area contributed by atoms with Crippen molar-refractivity contribution in [2.75, 3.05) is 14.1 Å². The maximum atomic E-state index is 13.7. The van der Waals surface area contributed by atoms with E-state index in [0.717, 1.165) is 0 Å². The van der Waals surface area contributed by atoms with Gasteiger partial charge in [-0.3, -0.25) is 19.3 Å². The molecule has 5 atom stereocenters. The number of likely N-dealkylation sites (N-methyl/N-ethyl adjacent to an activating group) is 1. The van der Waals surface area contributed by atoms with Crippen LogP contribution in [0.5, 0.6) is 5.75 Å². The number of benzene rings is 2. The Morgan fingerprint density at radius 1 is 0.976 bits per heavy atom. The molecule has 0 radical (unpaired) electrons. The van der Waals surface area contributed by atoms with Crippen molar-refractivity contribution < 1.29 is 49.8 Å². The maximum Gasteiger partial charge on any atom is 0.335 e. The second kappa shape index (κ2) is 10.1. The van der Waals surface area contributed by atoms with Crippen molar-refractivity contribution in [2.24, 2.45) is 17.6 Å². The number of aromatic carboxylic acids is 1. The Morgan fingerprint density at radius 3 is 2.10 bits per heavy atom. The fraction of sp³-hybridized carbons (Fsp3) is 0.310. The van der Waals surface area contributed by atoms with Gasteiger partial charge in [-0.25, -0.2) is 4.79 Å². The number of carbonyl (C=O) groups excluding carboxylic acids is 3. The lowest BCUT2D eigenvalue weighted by atomic mass is 9.54. The normalized spacial score (nSPS) is 28.8. The lowest BCUT2D eigenvalue weighted by Crippen LogP contribution is -2.67. The van der Waals surface area contributed by atoms with E-state index in [0.29, 0.717) is 5.56 Å². The molecule has 12 heteroatoms. The number of nitrogens with two attached hydrogens (primary N) is 1. The highest BCUT2D eigenvalue weighted by molar-refractivity contribution is 6.24. The molecule has 216 valence electrons. The van der Waals surface area contributed by atoms with Crippen LogP contribution in [0.25, 0.3) is 5.76 Å². The number of aromatic hydroxyl groups is 1. The number of amides is 1. The van der Waals surface area contributed by atoms with Crippen molar-refractivity contribution in [3.05, 3.63) is 82.1 Å². The van der Waals surface area contributed by atoms with Crippen LogP contribution in [-0.4, -0.2) is 84.7 Å². The molecule has 2 aromatic rings. The number of rotatable bonds is 3. The standard InChI is InChI=1S/C22H24N2O8.C7H6O2/c1-21(31)8-5-4-6-11(25)12(8)16(26)13-9(21)7-10-15(24(2)3)17(27)14(20(23)30)19(29)22(10,32)18(13)28;8-7(9)6-4-2-1-3-5-6/h4-6,9-10,15,25-26,29,31-32H,7H2,1-3H3,(H2,23,30);1-5H,(H,8,9)/t9-,10-,15-,21+,22-;/m0./s1. The molecular formula is C29H30N2O10. The summed E-state index contributed by atoms with van der Waals surface area (Å²) >= 11 is 0. The number of aliphatic hydroxyl groups excluding tert-OH is 2. The fourth-order valence-corrected chi connectivity index (χ4v) is 6.08. The van der Waals surface area contributed by atoms with Gasteiger partial charge in [0.05, 0.1) is 22.8 Å². The first-order valence-corrected chi connectivity index (χ1v) is 12.6. The number of primary amides is 1. The van der Waals surface area contributed by atoms with E-state index in [2.05, 4.69) is 0 Å². The Morgan fingerprint density at radius 2 is 1.59 bits per heavy atom. The molecule has 12 nitrogen and oxygen atoms in total. The van der Waals surface area contributed by atoms with Crippen LogP contribution in [0.15, 0.2) is 65.4 Å². The van der Waals surface area contributed by atoms with Gasteiger partial charge < -0.3 is 36.4 Å². The van der Waals surface area contributed by atoms with E-state index in [1.165, 1.54) is 44.1 Å². The number of hydrogen-bond donors (Lipinski definition) is 7. The van der Waals surface area contributed by atoms with Crippen molar-refractivity contribution in [3.63, 3.8) is 0 Å². The van der Waals surface area contributed by atoms with Crippen molar-refractivity contribution in [1.82, 2.24) is 4.90 Å².